The second kappa shape index (κ2) is 5.16. The van der Waals surface area contributed by atoms with Crippen LogP contribution in [0.15, 0.2) is 34.8 Å². The van der Waals surface area contributed by atoms with Gasteiger partial charge in [0.05, 0.1) is 22.1 Å². The number of hydrogen-bond donors (Lipinski definition) is 2. The summed E-state index contributed by atoms with van der Waals surface area (Å²) >= 11 is 9.23. The van der Waals surface area contributed by atoms with Crippen LogP contribution in [-0.4, -0.2) is 0 Å². The van der Waals surface area contributed by atoms with Crippen molar-refractivity contribution in [3.8, 4) is 0 Å². The molecule has 0 saturated carbocycles. The van der Waals surface area contributed by atoms with Gasteiger partial charge in [-0.15, -0.1) is 0 Å². The first-order chi connectivity index (χ1) is 8.49. The third-order valence-corrected chi connectivity index (χ3v) is 3.90. The monoisotopic (exact) mass is 328 g/mol. The van der Waals surface area contributed by atoms with Crippen molar-refractivity contribution in [1.29, 1.82) is 0 Å². The molecule has 0 bridgehead atoms. The third kappa shape index (κ3) is 2.60. The predicted molar refractivity (Wildman–Crippen MR) is 78.0 cm³/mol. The molecule has 2 aromatic carbocycles. The lowest BCUT2D eigenvalue weighted by Crippen LogP contribution is -1.98. The van der Waals surface area contributed by atoms with E-state index in [1.165, 1.54) is 12.1 Å². The first-order valence-electron chi connectivity index (χ1n) is 5.25. The Hall–Kier alpha value is -1.26. The molecule has 2 rings (SSSR count). The molecule has 0 fully saturated rings. The molecule has 0 heterocycles. The molecule has 0 aliphatic carbocycles. The van der Waals surface area contributed by atoms with Crippen LogP contribution in [0.1, 0.15) is 5.56 Å². The highest BCUT2D eigenvalue weighted by atomic mass is 79.9. The van der Waals surface area contributed by atoms with E-state index in [1.54, 1.807) is 0 Å². The lowest BCUT2D eigenvalue weighted by Gasteiger charge is -2.13. The number of aryl methyl sites for hydroxylation is 1. The smallest absolute Gasteiger partial charge is 0.143 e. The summed E-state index contributed by atoms with van der Waals surface area (Å²) in [6.07, 6.45) is 0. The van der Waals surface area contributed by atoms with E-state index in [-0.39, 0.29) is 5.02 Å². The summed E-state index contributed by atoms with van der Waals surface area (Å²) in [6.45, 7) is 1.98. The van der Waals surface area contributed by atoms with Gasteiger partial charge in [-0.1, -0.05) is 23.7 Å². The van der Waals surface area contributed by atoms with E-state index < -0.39 is 5.82 Å². The summed E-state index contributed by atoms with van der Waals surface area (Å²) in [7, 11) is 0. The fourth-order valence-electron chi connectivity index (χ4n) is 1.56. The first-order valence-corrected chi connectivity index (χ1v) is 6.43. The SMILES string of the molecule is Cc1cccc(Nc2cc(Cl)c(F)cc2N)c1Br. The average Bonchev–Trinajstić information content (AvgIpc) is 2.32. The standard InChI is InChI=1S/C13H11BrClFN2/c1-7-3-2-4-11(13(7)14)18-12-5-8(15)9(16)6-10(12)17/h2-6,18H,17H2,1H3. The van der Waals surface area contributed by atoms with Gasteiger partial charge >= 0.3 is 0 Å². The van der Waals surface area contributed by atoms with Crippen LogP contribution in [0.2, 0.25) is 5.02 Å². The summed E-state index contributed by atoms with van der Waals surface area (Å²) in [4.78, 5) is 0. The van der Waals surface area contributed by atoms with Gasteiger partial charge < -0.3 is 11.1 Å². The summed E-state index contributed by atoms with van der Waals surface area (Å²) < 4.78 is 14.1. The van der Waals surface area contributed by atoms with Gasteiger partial charge in [-0.2, -0.15) is 0 Å². The van der Waals surface area contributed by atoms with Crippen LogP contribution in [-0.2, 0) is 0 Å². The maximum absolute atomic E-state index is 13.2. The molecule has 0 amide bonds. The maximum atomic E-state index is 13.2. The quantitative estimate of drug-likeness (QED) is 0.771. The van der Waals surface area contributed by atoms with E-state index >= 15 is 0 Å². The van der Waals surface area contributed by atoms with Crippen molar-refractivity contribution >= 4 is 44.6 Å². The Labute approximate surface area is 118 Å². The van der Waals surface area contributed by atoms with Gasteiger partial charge in [0.1, 0.15) is 5.82 Å². The maximum Gasteiger partial charge on any atom is 0.143 e. The molecule has 94 valence electrons. The van der Waals surface area contributed by atoms with E-state index in [4.69, 9.17) is 17.3 Å². The van der Waals surface area contributed by atoms with Crippen molar-refractivity contribution in [2.45, 2.75) is 6.92 Å². The van der Waals surface area contributed by atoms with Crippen molar-refractivity contribution in [3.63, 3.8) is 0 Å². The Morgan fingerprint density at radius 1 is 1.28 bits per heavy atom. The number of nitrogens with two attached hydrogens (primary N) is 1. The van der Waals surface area contributed by atoms with E-state index in [0.29, 0.717) is 11.4 Å². The zero-order valence-corrected chi connectivity index (χ0v) is 11.9. The second-order valence-electron chi connectivity index (χ2n) is 3.92. The lowest BCUT2D eigenvalue weighted by molar-refractivity contribution is 0.629. The molecular weight excluding hydrogens is 319 g/mol. The summed E-state index contributed by atoms with van der Waals surface area (Å²) in [5.74, 6) is -0.525. The number of hydrogen-bond acceptors (Lipinski definition) is 2. The fourth-order valence-corrected chi connectivity index (χ4v) is 2.09. The van der Waals surface area contributed by atoms with Crippen LogP contribution in [0.4, 0.5) is 21.5 Å². The van der Waals surface area contributed by atoms with E-state index in [9.17, 15) is 4.39 Å². The van der Waals surface area contributed by atoms with Crippen molar-refractivity contribution in [1.82, 2.24) is 0 Å². The average molecular weight is 330 g/mol. The highest BCUT2D eigenvalue weighted by Gasteiger charge is 2.08. The Morgan fingerprint density at radius 2 is 2.00 bits per heavy atom. The van der Waals surface area contributed by atoms with Gasteiger partial charge in [-0.3, -0.25) is 0 Å². The van der Waals surface area contributed by atoms with Gasteiger partial charge in [0.15, 0.2) is 0 Å². The van der Waals surface area contributed by atoms with Crippen molar-refractivity contribution in [3.05, 3.63) is 51.2 Å². The number of nitrogens with one attached hydrogen (secondary N) is 1. The first kappa shape index (κ1) is 13.2. The lowest BCUT2D eigenvalue weighted by atomic mass is 10.2. The van der Waals surface area contributed by atoms with Gasteiger partial charge in [-0.25, -0.2) is 4.39 Å². The molecular formula is C13H11BrClFN2. The number of nitrogen functional groups attached to an aromatic ring is 1. The second-order valence-corrected chi connectivity index (χ2v) is 5.12. The van der Waals surface area contributed by atoms with Crippen LogP contribution in [0.5, 0.6) is 0 Å². The van der Waals surface area contributed by atoms with E-state index in [0.717, 1.165) is 15.7 Å². The minimum absolute atomic E-state index is 0.0375. The number of rotatable bonds is 2. The van der Waals surface area contributed by atoms with Crippen LogP contribution in [0.25, 0.3) is 0 Å². The molecule has 0 radical (unpaired) electrons. The normalized spacial score (nSPS) is 10.4. The molecule has 0 aliphatic heterocycles. The molecule has 3 N–H and O–H groups in total. The van der Waals surface area contributed by atoms with Crippen molar-refractivity contribution in [2.75, 3.05) is 11.1 Å². The molecule has 2 aromatic rings. The zero-order chi connectivity index (χ0) is 13.3. The minimum atomic E-state index is -0.525. The molecule has 0 unspecified atom stereocenters. The molecule has 0 atom stereocenters. The molecule has 2 nitrogen and oxygen atoms in total. The topological polar surface area (TPSA) is 38.0 Å². The molecule has 0 aromatic heterocycles. The molecule has 5 heteroatoms. The van der Waals surface area contributed by atoms with Crippen molar-refractivity contribution < 1.29 is 4.39 Å². The van der Waals surface area contributed by atoms with Crippen molar-refractivity contribution in [2.24, 2.45) is 0 Å². The number of benzene rings is 2. The fraction of sp³-hybridized carbons (Fsp3) is 0.0769. The largest absolute Gasteiger partial charge is 0.397 e. The molecule has 0 aliphatic rings. The zero-order valence-electron chi connectivity index (χ0n) is 9.60. The van der Waals surface area contributed by atoms with Gasteiger partial charge in [0, 0.05) is 10.5 Å². The number of anilines is 3. The summed E-state index contributed by atoms with van der Waals surface area (Å²) in [5.41, 5.74) is 8.58. The van der Waals surface area contributed by atoms with Gasteiger partial charge in [0.2, 0.25) is 0 Å². The van der Waals surface area contributed by atoms with Gasteiger partial charge in [0.25, 0.3) is 0 Å². The molecule has 0 spiro atoms. The minimum Gasteiger partial charge on any atom is -0.397 e. The Kier molecular flexibility index (Phi) is 3.78. The predicted octanol–water partition coefficient (Wildman–Crippen LogP) is 4.88. The Morgan fingerprint density at radius 3 is 2.72 bits per heavy atom. The van der Waals surface area contributed by atoms with Crippen LogP contribution in [0.3, 0.4) is 0 Å². The summed E-state index contributed by atoms with van der Waals surface area (Å²) in [6, 6.07) is 8.48. The third-order valence-electron chi connectivity index (χ3n) is 2.55. The van der Waals surface area contributed by atoms with E-state index in [1.807, 2.05) is 25.1 Å². The molecule has 0 saturated heterocycles. The van der Waals surface area contributed by atoms with Crippen LogP contribution < -0.4 is 11.1 Å². The summed E-state index contributed by atoms with van der Waals surface area (Å²) in [5, 5.41) is 3.16. The molecule has 18 heavy (non-hydrogen) atoms. The Bertz CT molecular complexity index is 602. The van der Waals surface area contributed by atoms with E-state index in [2.05, 4.69) is 21.2 Å². The van der Waals surface area contributed by atoms with Crippen LogP contribution >= 0.6 is 27.5 Å². The highest BCUT2D eigenvalue weighted by Crippen LogP contribution is 2.33. The Balaban J connectivity index is 2.40. The van der Waals surface area contributed by atoms with Gasteiger partial charge in [-0.05, 0) is 40.5 Å². The highest BCUT2D eigenvalue weighted by molar-refractivity contribution is 9.10. The number of halogens is 3. The van der Waals surface area contributed by atoms with Crippen LogP contribution in [0, 0.1) is 12.7 Å².